The van der Waals surface area contributed by atoms with Crippen molar-refractivity contribution in [1.29, 1.82) is 0 Å². The molecule has 2 aromatic carbocycles. The Kier molecular flexibility index (Phi) is 5.83. The summed E-state index contributed by atoms with van der Waals surface area (Å²) in [4.78, 5) is 14.3. The number of aryl methyl sites for hydroxylation is 3. The van der Waals surface area contributed by atoms with E-state index in [0.717, 1.165) is 39.5 Å². The quantitative estimate of drug-likeness (QED) is 0.648. The second-order valence-electron chi connectivity index (χ2n) is 7.26. The van der Waals surface area contributed by atoms with Gasteiger partial charge >= 0.3 is 0 Å². The molecule has 1 amide bonds. The molecule has 0 saturated carbocycles. The second kappa shape index (κ2) is 8.30. The molecule has 0 aliphatic rings. The average Bonchev–Trinajstić information content (AvgIpc) is 2.94. The lowest BCUT2D eigenvalue weighted by Gasteiger charge is -2.18. The van der Waals surface area contributed by atoms with Crippen LogP contribution in [0.25, 0.3) is 5.69 Å². The number of benzene rings is 2. The van der Waals surface area contributed by atoms with Crippen molar-refractivity contribution in [2.75, 3.05) is 13.7 Å². The summed E-state index contributed by atoms with van der Waals surface area (Å²) in [5, 5.41) is 4.65. The minimum absolute atomic E-state index is 0.0182. The molecule has 1 aromatic heterocycles. The lowest BCUT2D eigenvalue weighted by Crippen LogP contribution is -2.31. The number of carbonyl (C=O) groups excluding carboxylic acids is 1. The molecule has 0 fully saturated rings. The van der Waals surface area contributed by atoms with E-state index in [-0.39, 0.29) is 12.5 Å². The van der Waals surface area contributed by atoms with Gasteiger partial charge in [-0.3, -0.25) is 4.79 Å². The average molecular weight is 377 g/mol. The van der Waals surface area contributed by atoms with Crippen LogP contribution in [0.5, 0.6) is 5.75 Å². The van der Waals surface area contributed by atoms with Gasteiger partial charge in [0.2, 0.25) is 0 Å². The Morgan fingerprint density at radius 3 is 2.32 bits per heavy atom. The molecule has 0 spiro atoms. The molecule has 0 saturated heterocycles. The number of aromatic nitrogens is 2. The Hall–Kier alpha value is -3.08. The second-order valence-corrected chi connectivity index (χ2v) is 7.26. The highest BCUT2D eigenvalue weighted by atomic mass is 16.5. The van der Waals surface area contributed by atoms with Crippen LogP contribution in [0.4, 0.5) is 0 Å². The fraction of sp³-hybridized carbons (Fsp3) is 0.304. The van der Waals surface area contributed by atoms with Crippen molar-refractivity contribution in [3.8, 4) is 11.4 Å². The molecule has 0 aliphatic carbocycles. The molecule has 146 valence electrons. The summed E-state index contributed by atoms with van der Waals surface area (Å²) in [6.45, 7) is 8.57. The number of amides is 1. The van der Waals surface area contributed by atoms with Gasteiger partial charge in [-0.15, -0.1) is 0 Å². The van der Waals surface area contributed by atoms with E-state index in [1.165, 1.54) is 0 Å². The Balaban J connectivity index is 1.68. The van der Waals surface area contributed by atoms with Crippen LogP contribution >= 0.6 is 0 Å². The van der Waals surface area contributed by atoms with Gasteiger partial charge in [-0.25, -0.2) is 4.68 Å². The molecular formula is C23H27N3O2. The van der Waals surface area contributed by atoms with Crippen LogP contribution in [0.2, 0.25) is 0 Å². The number of carbonyl (C=O) groups is 1. The topological polar surface area (TPSA) is 47.4 Å². The summed E-state index contributed by atoms with van der Waals surface area (Å²) < 4.78 is 7.64. The molecule has 0 bridgehead atoms. The van der Waals surface area contributed by atoms with Gasteiger partial charge in [0.1, 0.15) is 5.75 Å². The third-order valence-electron chi connectivity index (χ3n) is 4.82. The zero-order valence-corrected chi connectivity index (χ0v) is 17.2. The molecule has 28 heavy (non-hydrogen) atoms. The number of hydrogen-bond donors (Lipinski definition) is 0. The van der Waals surface area contributed by atoms with E-state index in [0.29, 0.717) is 6.54 Å². The standard InChI is InChI=1S/C23H27N3O2/c1-16-11-17(2)13-21(12-16)28-15-23(27)25(5)14-22-18(3)24-26(19(22)4)20-9-7-6-8-10-20/h6-13H,14-15H2,1-5H3. The largest absolute Gasteiger partial charge is 0.484 e. The Morgan fingerprint density at radius 2 is 1.68 bits per heavy atom. The van der Waals surface area contributed by atoms with E-state index in [9.17, 15) is 4.79 Å². The van der Waals surface area contributed by atoms with E-state index < -0.39 is 0 Å². The summed E-state index contributed by atoms with van der Waals surface area (Å²) in [5.74, 6) is 0.661. The van der Waals surface area contributed by atoms with Crippen LogP contribution < -0.4 is 4.74 Å². The van der Waals surface area contributed by atoms with Crippen LogP contribution in [0.3, 0.4) is 0 Å². The zero-order chi connectivity index (χ0) is 20.3. The molecule has 0 aliphatic heterocycles. The first kappa shape index (κ1) is 19.7. The fourth-order valence-electron chi connectivity index (χ4n) is 3.32. The van der Waals surface area contributed by atoms with Crippen molar-refractivity contribution in [3.05, 3.63) is 76.6 Å². The maximum Gasteiger partial charge on any atom is 0.260 e. The maximum absolute atomic E-state index is 12.6. The highest BCUT2D eigenvalue weighted by Gasteiger charge is 2.17. The van der Waals surface area contributed by atoms with Crippen molar-refractivity contribution in [1.82, 2.24) is 14.7 Å². The summed E-state index contributed by atoms with van der Waals surface area (Å²) in [5.41, 5.74) is 6.29. The first-order chi connectivity index (χ1) is 13.3. The summed E-state index contributed by atoms with van der Waals surface area (Å²) in [6.07, 6.45) is 0. The molecule has 3 rings (SSSR count). The van der Waals surface area contributed by atoms with Crippen molar-refractivity contribution < 1.29 is 9.53 Å². The van der Waals surface area contributed by atoms with Gasteiger partial charge in [0.15, 0.2) is 6.61 Å². The Bertz CT molecular complexity index is 957. The van der Waals surface area contributed by atoms with Crippen LogP contribution in [0.15, 0.2) is 48.5 Å². The summed E-state index contributed by atoms with van der Waals surface area (Å²) >= 11 is 0. The van der Waals surface area contributed by atoms with Crippen molar-refractivity contribution in [2.24, 2.45) is 0 Å². The number of nitrogens with zero attached hydrogens (tertiary/aromatic N) is 3. The molecule has 5 heteroatoms. The van der Waals surface area contributed by atoms with Gasteiger partial charge in [-0.2, -0.15) is 5.10 Å². The number of hydrogen-bond acceptors (Lipinski definition) is 3. The smallest absolute Gasteiger partial charge is 0.260 e. The van der Waals surface area contributed by atoms with Crippen LogP contribution in [0, 0.1) is 27.7 Å². The molecule has 0 radical (unpaired) electrons. The Labute approximate surface area is 166 Å². The van der Waals surface area contributed by atoms with E-state index in [1.54, 1.807) is 11.9 Å². The maximum atomic E-state index is 12.6. The van der Waals surface area contributed by atoms with E-state index >= 15 is 0 Å². The van der Waals surface area contributed by atoms with E-state index in [4.69, 9.17) is 4.74 Å². The zero-order valence-electron chi connectivity index (χ0n) is 17.2. The van der Waals surface area contributed by atoms with Gasteiger partial charge in [-0.1, -0.05) is 24.3 Å². The van der Waals surface area contributed by atoms with Crippen LogP contribution in [0.1, 0.15) is 28.1 Å². The third-order valence-corrected chi connectivity index (χ3v) is 4.82. The minimum Gasteiger partial charge on any atom is -0.484 e. The highest BCUT2D eigenvalue weighted by Crippen LogP contribution is 2.20. The number of ether oxygens (including phenoxy) is 1. The van der Waals surface area contributed by atoms with E-state index in [1.807, 2.05) is 74.8 Å². The SMILES string of the molecule is Cc1cc(C)cc(OCC(=O)N(C)Cc2c(C)nn(-c3ccccc3)c2C)c1. The Morgan fingerprint density at radius 1 is 1.04 bits per heavy atom. The third kappa shape index (κ3) is 4.42. The lowest BCUT2D eigenvalue weighted by atomic mass is 10.1. The van der Waals surface area contributed by atoms with Gasteiger partial charge in [0.05, 0.1) is 11.4 Å². The van der Waals surface area contributed by atoms with E-state index in [2.05, 4.69) is 11.2 Å². The molecule has 0 atom stereocenters. The predicted octanol–water partition coefficient (Wildman–Crippen LogP) is 4.14. The predicted molar refractivity (Wildman–Crippen MR) is 111 cm³/mol. The minimum atomic E-state index is -0.0644. The van der Waals surface area contributed by atoms with Crippen molar-refractivity contribution in [3.63, 3.8) is 0 Å². The van der Waals surface area contributed by atoms with Crippen molar-refractivity contribution in [2.45, 2.75) is 34.2 Å². The molecule has 0 N–H and O–H groups in total. The summed E-state index contributed by atoms with van der Waals surface area (Å²) in [6, 6.07) is 16.0. The van der Waals surface area contributed by atoms with Gasteiger partial charge in [0.25, 0.3) is 5.91 Å². The summed E-state index contributed by atoms with van der Waals surface area (Å²) in [7, 11) is 1.80. The highest BCUT2D eigenvalue weighted by molar-refractivity contribution is 5.77. The first-order valence-electron chi connectivity index (χ1n) is 9.40. The number of likely N-dealkylation sites (N-methyl/N-ethyl adjacent to an activating group) is 1. The van der Waals surface area contributed by atoms with Gasteiger partial charge in [0, 0.05) is 24.8 Å². The normalized spacial score (nSPS) is 10.8. The molecule has 5 nitrogen and oxygen atoms in total. The first-order valence-corrected chi connectivity index (χ1v) is 9.40. The fourth-order valence-corrected chi connectivity index (χ4v) is 3.32. The van der Waals surface area contributed by atoms with Crippen molar-refractivity contribution >= 4 is 5.91 Å². The molecule has 3 aromatic rings. The number of rotatable bonds is 6. The lowest BCUT2D eigenvalue weighted by molar-refractivity contribution is -0.132. The van der Waals surface area contributed by atoms with Crippen LogP contribution in [-0.2, 0) is 11.3 Å². The van der Waals surface area contributed by atoms with Gasteiger partial charge in [-0.05, 0) is 63.1 Å². The monoisotopic (exact) mass is 377 g/mol. The molecule has 1 heterocycles. The number of para-hydroxylation sites is 1. The van der Waals surface area contributed by atoms with Crippen LogP contribution in [-0.4, -0.2) is 34.2 Å². The molecule has 0 unspecified atom stereocenters. The van der Waals surface area contributed by atoms with Gasteiger partial charge < -0.3 is 9.64 Å². The molecular weight excluding hydrogens is 350 g/mol.